The van der Waals surface area contributed by atoms with Crippen LogP contribution in [0.1, 0.15) is 32.7 Å². The first-order valence-corrected chi connectivity index (χ1v) is 12.3. The summed E-state index contributed by atoms with van der Waals surface area (Å²) in [6.07, 6.45) is -1.11. The molecule has 2 aromatic carbocycles. The molecule has 0 atom stereocenters. The Morgan fingerprint density at radius 1 is 1.10 bits per heavy atom. The highest BCUT2D eigenvalue weighted by atomic mass is 19.4. The zero-order chi connectivity index (χ0) is 28.3. The van der Waals surface area contributed by atoms with Gasteiger partial charge in [-0.25, -0.2) is 4.68 Å². The molecule has 0 bridgehead atoms. The smallest absolute Gasteiger partial charge is 0.322 e. The predicted molar refractivity (Wildman–Crippen MR) is 143 cm³/mol. The molecule has 0 unspecified atom stereocenters. The average molecular weight is 541 g/mol. The number of benzene rings is 2. The van der Waals surface area contributed by atoms with Crippen molar-refractivity contribution in [3.63, 3.8) is 0 Å². The summed E-state index contributed by atoms with van der Waals surface area (Å²) in [6.45, 7) is 5.11. The van der Waals surface area contributed by atoms with Gasteiger partial charge in [0.2, 0.25) is 0 Å². The normalized spacial score (nSPS) is 11.8. The molecule has 39 heavy (non-hydrogen) atoms. The molecular formula is C27H31F3N8O. The second-order valence-electron chi connectivity index (χ2n) is 9.62. The van der Waals surface area contributed by atoms with Crippen LogP contribution in [-0.4, -0.2) is 62.8 Å². The number of hydrogen-bond donors (Lipinski definition) is 2. The molecule has 12 heteroatoms. The summed E-state index contributed by atoms with van der Waals surface area (Å²) in [5.41, 5.74) is 3.52. The zero-order valence-corrected chi connectivity index (χ0v) is 22.5. The van der Waals surface area contributed by atoms with Crippen LogP contribution in [0.5, 0.6) is 0 Å². The molecule has 4 aromatic rings. The third-order valence-corrected chi connectivity index (χ3v) is 6.45. The highest BCUT2D eigenvalue weighted by Crippen LogP contribution is 2.34. The SMILES string of the molecule is Cc1ccc(C(=O)Nc2ccc(CNCCN(C)C)c(C(F)(F)F)c2)cc1-n1cc(-c2cnn(C)c2C)nn1. The number of rotatable bonds is 9. The van der Waals surface area contributed by atoms with Gasteiger partial charge < -0.3 is 15.5 Å². The molecule has 0 aliphatic heterocycles. The van der Waals surface area contributed by atoms with Crippen LogP contribution in [0.25, 0.3) is 16.9 Å². The lowest BCUT2D eigenvalue weighted by Gasteiger charge is -2.16. The molecule has 2 aromatic heterocycles. The van der Waals surface area contributed by atoms with Gasteiger partial charge in [0.05, 0.1) is 23.6 Å². The molecule has 9 nitrogen and oxygen atoms in total. The van der Waals surface area contributed by atoms with Gasteiger partial charge in [-0.2, -0.15) is 18.3 Å². The third kappa shape index (κ3) is 6.52. The van der Waals surface area contributed by atoms with E-state index in [9.17, 15) is 18.0 Å². The number of amides is 1. The maximum atomic E-state index is 13.8. The number of hydrogen-bond acceptors (Lipinski definition) is 6. The molecule has 206 valence electrons. The van der Waals surface area contributed by atoms with Crippen molar-refractivity contribution >= 4 is 11.6 Å². The molecule has 1 amide bonds. The van der Waals surface area contributed by atoms with Gasteiger partial charge in [-0.1, -0.05) is 17.3 Å². The number of nitrogens with one attached hydrogen (secondary N) is 2. The van der Waals surface area contributed by atoms with E-state index in [1.54, 1.807) is 40.0 Å². The van der Waals surface area contributed by atoms with Crippen LogP contribution in [0.15, 0.2) is 48.8 Å². The largest absolute Gasteiger partial charge is 0.416 e. The first-order valence-electron chi connectivity index (χ1n) is 12.3. The fourth-order valence-electron chi connectivity index (χ4n) is 4.05. The van der Waals surface area contributed by atoms with Crippen LogP contribution in [-0.2, 0) is 19.8 Å². The second-order valence-corrected chi connectivity index (χ2v) is 9.62. The number of aryl methyl sites for hydroxylation is 2. The Bertz CT molecular complexity index is 1470. The predicted octanol–water partition coefficient (Wildman–Crippen LogP) is 4.21. The number of alkyl halides is 3. The second kappa shape index (κ2) is 11.4. The summed E-state index contributed by atoms with van der Waals surface area (Å²) in [5, 5.41) is 18.3. The number of carbonyl (C=O) groups excluding carboxylic acids is 1. The number of carbonyl (C=O) groups is 1. The van der Waals surface area contributed by atoms with Crippen LogP contribution in [0.4, 0.5) is 18.9 Å². The Hall–Kier alpha value is -4.03. The zero-order valence-electron chi connectivity index (χ0n) is 22.5. The van der Waals surface area contributed by atoms with Gasteiger partial charge in [0.15, 0.2) is 0 Å². The van der Waals surface area contributed by atoms with Crippen LogP contribution in [0, 0.1) is 13.8 Å². The van der Waals surface area contributed by atoms with Gasteiger partial charge in [-0.3, -0.25) is 9.48 Å². The van der Waals surface area contributed by atoms with Gasteiger partial charge in [-0.15, -0.1) is 5.10 Å². The molecule has 4 rings (SSSR count). The van der Waals surface area contributed by atoms with Crippen LogP contribution in [0.2, 0.25) is 0 Å². The highest BCUT2D eigenvalue weighted by Gasteiger charge is 2.33. The van der Waals surface area contributed by atoms with Gasteiger partial charge in [0, 0.05) is 49.2 Å². The fourth-order valence-corrected chi connectivity index (χ4v) is 4.05. The Morgan fingerprint density at radius 2 is 1.87 bits per heavy atom. The van der Waals surface area contributed by atoms with E-state index >= 15 is 0 Å². The van der Waals surface area contributed by atoms with E-state index in [0.717, 1.165) is 22.9 Å². The fraction of sp³-hybridized carbons (Fsp3) is 0.333. The number of likely N-dealkylation sites (N-methyl/N-ethyl adjacent to an activating group) is 1. The van der Waals surface area contributed by atoms with Crippen molar-refractivity contribution in [3.05, 3.63) is 76.7 Å². The molecule has 0 saturated carbocycles. The van der Waals surface area contributed by atoms with E-state index < -0.39 is 17.6 Å². The summed E-state index contributed by atoms with van der Waals surface area (Å²) < 4.78 is 44.7. The van der Waals surface area contributed by atoms with Gasteiger partial charge in [0.1, 0.15) is 5.69 Å². The molecule has 2 N–H and O–H groups in total. The van der Waals surface area contributed by atoms with Crippen molar-refractivity contribution in [1.82, 2.24) is 35.0 Å². The van der Waals surface area contributed by atoms with Crippen molar-refractivity contribution in [3.8, 4) is 16.9 Å². The summed E-state index contributed by atoms with van der Waals surface area (Å²) in [6, 6.07) is 8.84. The molecule has 2 heterocycles. The Balaban J connectivity index is 1.54. The van der Waals surface area contributed by atoms with Gasteiger partial charge >= 0.3 is 6.18 Å². The molecule has 0 fully saturated rings. The summed E-state index contributed by atoms with van der Waals surface area (Å²) >= 11 is 0. The average Bonchev–Trinajstić information content (AvgIpc) is 3.48. The van der Waals surface area contributed by atoms with Crippen molar-refractivity contribution in [2.24, 2.45) is 7.05 Å². The van der Waals surface area contributed by atoms with Crippen molar-refractivity contribution in [2.75, 3.05) is 32.5 Å². The first-order chi connectivity index (χ1) is 18.4. The van der Waals surface area contributed by atoms with E-state index in [4.69, 9.17) is 0 Å². The minimum absolute atomic E-state index is 0.0570. The number of nitrogens with zero attached hydrogens (tertiary/aromatic N) is 6. The highest BCUT2D eigenvalue weighted by molar-refractivity contribution is 6.04. The summed E-state index contributed by atoms with van der Waals surface area (Å²) in [7, 11) is 5.62. The topological polar surface area (TPSA) is 92.9 Å². The maximum absolute atomic E-state index is 13.8. The van der Waals surface area contributed by atoms with Crippen LogP contribution in [0.3, 0.4) is 0 Å². The third-order valence-electron chi connectivity index (χ3n) is 6.45. The molecule has 0 saturated heterocycles. The lowest BCUT2D eigenvalue weighted by Crippen LogP contribution is -2.27. The van der Waals surface area contributed by atoms with Crippen molar-refractivity contribution in [1.29, 1.82) is 0 Å². The van der Waals surface area contributed by atoms with E-state index in [2.05, 4.69) is 26.0 Å². The minimum Gasteiger partial charge on any atom is -0.322 e. The standard InChI is InChI=1S/C27H31F3N8O/c1-17-6-7-19(12-25(17)38-16-24(34-35-38)22-15-32-37(5)18(22)2)26(39)33-21-9-8-20(14-31-10-11-36(3)4)23(13-21)27(28,29)30/h6-9,12-13,15-16,31H,10-11,14H2,1-5H3,(H,33,39). The number of halogens is 3. The quantitative estimate of drug-likeness (QED) is 0.309. The van der Waals surface area contributed by atoms with Crippen LogP contribution < -0.4 is 10.6 Å². The first kappa shape index (κ1) is 28.0. The van der Waals surface area contributed by atoms with E-state index in [-0.39, 0.29) is 23.4 Å². The molecule has 0 radical (unpaired) electrons. The molecule has 0 spiro atoms. The Kier molecular flexibility index (Phi) is 8.17. The Labute approximate surface area is 224 Å². The summed E-state index contributed by atoms with van der Waals surface area (Å²) in [5.74, 6) is -0.537. The van der Waals surface area contributed by atoms with Crippen LogP contribution >= 0.6 is 0 Å². The van der Waals surface area contributed by atoms with Gasteiger partial charge in [0.25, 0.3) is 5.91 Å². The number of aromatic nitrogens is 5. The molecular weight excluding hydrogens is 509 g/mol. The lowest BCUT2D eigenvalue weighted by atomic mass is 10.1. The van der Waals surface area contributed by atoms with E-state index in [1.807, 2.05) is 39.9 Å². The Morgan fingerprint density at radius 3 is 2.54 bits per heavy atom. The minimum atomic E-state index is -4.56. The van der Waals surface area contributed by atoms with Gasteiger partial charge in [-0.05, 0) is 63.3 Å². The lowest BCUT2D eigenvalue weighted by molar-refractivity contribution is -0.138. The molecule has 0 aliphatic carbocycles. The number of anilines is 1. The van der Waals surface area contributed by atoms with Crippen molar-refractivity contribution in [2.45, 2.75) is 26.6 Å². The van der Waals surface area contributed by atoms with E-state index in [0.29, 0.717) is 24.5 Å². The van der Waals surface area contributed by atoms with Crippen molar-refractivity contribution < 1.29 is 18.0 Å². The summed E-state index contributed by atoms with van der Waals surface area (Å²) in [4.78, 5) is 15.0. The maximum Gasteiger partial charge on any atom is 0.416 e. The monoisotopic (exact) mass is 540 g/mol. The molecule has 0 aliphatic rings. The van der Waals surface area contributed by atoms with E-state index in [1.165, 1.54) is 12.1 Å².